The number of hydrogen-bond donors (Lipinski definition) is 1. The van der Waals surface area contributed by atoms with E-state index in [0.29, 0.717) is 0 Å². The zero-order valence-electron chi connectivity index (χ0n) is 10.8. The van der Waals surface area contributed by atoms with Gasteiger partial charge in [0.05, 0.1) is 6.04 Å². The van der Waals surface area contributed by atoms with E-state index in [9.17, 15) is 0 Å². The second-order valence-corrected chi connectivity index (χ2v) is 4.47. The highest BCUT2D eigenvalue weighted by Gasteiger charge is 2.22. The first-order valence-corrected chi connectivity index (χ1v) is 6.61. The van der Waals surface area contributed by atoms with Crippen molar-refractivity contribution in [3.63, 3.8) is 0 Å². The molecule has 96 valence electrons. The van der Waals surface area contributed by atoms with E-state index >= 15 is 0 Å². The summed E-state index contributed by atoms with van der Waals surface area (Å²) >= 11 is 0. The lowest BCUT2D eigenvalue weighted by atomic mass is 10.2. The predicted octanol–water partition coefficient (Wildman–Crippen LogP) is 1.38. The van der Waals surface area contributed by atoms with Crippen LogP contribution in [-0.2, 0) is 6.42 Å². The van der Waals surface area contributed by atoms with Gasteiger partial charge in [-0.25, -0.2) is 0 Å². The lowest BCUT2D eigenvalue weighted by Gasteiger charge is -2.16. The molecule has 0 unspecified atom stereocenters. The molecule has 0 bridgehead atoms. The van der Waals surface area contributed by atoms with Crippen molar-refractivity contribution in [3.8, 4) is 0 Å². The van der Waals surface area contributed by atoms with Gasteiger partial charge in [0, 0.05) is 13.0 Å². The molecule has 0 spiro atoms. The largest absolute Gasteiger partial charge is 0.338 e. The van der Waals surface area contributed by atoms with Gasteiger partial charge >= 0.3 is 0 Å². The van der Waals surface area contributed by atoms with Crippen LogP contribution in [0.2, 0.25) is 0 Å². The van der Waals surface area contributed by atoms with Crippen LogP contribution in [0.25, 0.3) is 0 Å². The summed E-state index contributed by atoms with van der Waals surface area (Å²) in [6.45, 7) is 8.56. The normalized spacial score (nSPS) is 20.3. The summed E-state index contributed by atoms with van der Waals surface area (Å²) in [5, 5.41) is 7.42. The molecule has 0 aromatic carbocycles. The molecule has 1 aliphatic rings. The van der Waals surface area contributed by atoms with Crippen molar-refractivity contribution in [2.75, 3.05) is 26.2 Å². The van der Waals surface area contributed by atoms with Gasteiger partial charge in [-0.15, -0.1) is 0 Å². The maximum Gasteiger partial charge on any atom is 0.243 e. The number of aromatic nitrogens is 2. The zero-order chi connectivity index (χ0) is 12.1. The van der Waals surface area contributed by atoms with Crippen LogP contribution in [-0.4, -0.2) is 41.2 Å². The Kier molecular flexibility index (Phi) is 4.50. The third-order valence-electron chi connectivity index (χ3n) is 3.39. The Balaban J connectivity index is 1.85. The molecule has 1 N–H and O–H groups in total. The predicted molar refractivity (Wildman–Crippen MR) is 65.8 cm³/mol. The van der Waals surface area contributed by atoms with Gasteiger partial charge in [0.2, 0.25) is 5.89 Å². The van der Waals surface area contributed by atoms with E-state index in [1.54, 1.807) is 0 Å². The van der Waals surface area contributed by atoms with Gasteiger partial charge in [0.1, 0.15) is 0 Å². The highest BCUT2D eigenvalue weighted by atomic mass is 16.5. The minimum atomic E-state index is 0.282. The molecule has 1 aliphatic heterocycles. The highest BCUT2D eigenvalue weighted by Crippen LogP contribution is 2.21. The van der Waals surface area contributed by atoms with Crippen LogP contribution in [0, 0.1) is 0 Å². The molecule has 1 fully saturated rings. The fourth-order valence-electron chi connectivity index (χ4n) is 2.20. The van der Waals surface area contributed by atoms with Gasteiger partial charge in [0.25, 0.3) is 0 Å². The molecule has 0 saturated carbocycles. The SMILES string of the molecule is CCN(CC)CCc1noc([C@H]2CCCN2)n1. The van der Waals surface area contributed by atoms with Crippen molar-refractivity contribution >= 4 is 0 Å². The smallest absolute Gasteiger partial charge is 0.243 e. The minimum absolute atomic E-state index is 0.282. The Morgan fingerprint density at radius 1 is 1.41 bits per heavy atom. The molecule has 0 aliphatic carbocycles. The van der Waals surface area contributed by atoms with E-state index in [1.807, 2.05) is 0 Å². The van der Waals surface area contributed by atoms with Crippen molar-refractivity contribution in [1.82, 2.24) is 20.4 Å². The molecule has 2 rings (SSSR count). The van der Waals surface area contributed by atoms with Gasteiger partial charge in [-0.3, -0.25) is 0 Å². The number of nitrogens with zero attached hydrogens (tertiary/aromatic N) is 3. The Morgan fingerprint density at radius 2 is 2.24 bits per heavy atom. The van der Waals surface area contributed by atoms with Crippen LogP contribution in [0.1, 0.15) is 44.4 Å². The Bertz CT molecular complexity index is 329. The summed E-state index contributed by atoms with van der Waals surface area (Å²) < 4.78 is 5.31. The second kappa shape index (κ2) is 6.12. The molecule has 2 heterocycles. The average Bonchev–Trinajstić information content (AvgIpc) is 3.01. The van der Waals surface area contributed by atoms with Gasteiger partial charge < -0.3 is 14.7 Å². The number of hydrogen-bond acceptors (Lipinski definition) is 5. The standard InChI is InChI=1S/C12H22N4O/c1-3-16(4-2)9-7-11-14-12(17-15-11)10-6-5-8-13-10/h10,13H,3-9H2,1-2H3/t10-/m1/s1. The molecular weight excluding hydrogens is 216 g/mol. The molecular formula is C12H22N4O. The highest BCUT2D eigenvalue weighted by molar-refractivity contribution is 4.95. The monoisotopic (exact) mass is 238 g/mol. The van der Waals surface area contributed by atoms with Crippen LogP contribution in [0.15, 0.2) is 4.52 Å². The van der Waals surface area contributed by atoms with Gasteiger partial charge in [0.15, 0.2) is 5.82 Å². The summed E-state index contributed by atoms with van der Waals surface area (Å²) in [7, 11) is 0. The van der Waals surface area contributed by atoms with E-state index in [2.05, 4.69) is 34.2 Å². The topological polar surface area (TPSA) is 54.2 Å². The molecule has 1 atom stereocenters. The summed E-state index contributed by atoms with van der Waals surface area (Å²) in [4.78, 5) is 6.83. The summed E-state index contributed by atoms with van der Waals surface area (Å²) in [6.07, 6.45) is 3.18. The van der Waals surface area contributed by atoms with Crippen molar-refractivity contribution in [3.05, 3.63) is 11.7 Å². The summed E-state index contributed by atoms with van der Waals surface area (Å²) in [6, 6.07) is 0.282. The van der Waals surface area contributed by atoms with Crippen LogP contribution in [0.3, 0.4) is 0 Å². The fourth-order valence-corrected chi connectivity index (χ4v) is 2.20. The van der Waals surface area contributed by atoms with Crippen LogP contribution in [0.4, 0.5) is 0 Å². The van der Waals surface area contributed by atoms with Gasteiger partial charge in [-0.2, -0.15) is 4.98 Å². The first-order chi connectivity index (χ1) is 8.33. The third kappa shape index (κ3) is 3.26. The molecule has 1 aromatic heterocycles. The average molecular weight is 238 g/mol. The molecule has 17 heavy (non-hydrogen) atoms. The Morgan fingerprint density at radius 3 is 2.88 bits per heavy atom. The van der Waals surface area contributed by atoms with Gasteiger partial charge in [-0.1, -0.05) is 19.0 Å². The first kappa shape index (κ1) is 12.5. The van der Waals surface area contributed by atoms with Crippen LogP contribution < -0.4 is 5.32 Å². The van der Waals surface area contributed by atoms with Crippen molar-refractivity contribution in [2.45, 2.75) is 39.2 Å². The molecule has 1 saturated heterocycles. The molecule has 0 radical (unpaired) electrons. The summed E-state index contributed by atoms with van der Waals surface area (Å²) in [5.74, 6) is 1.60. The van der Waals surface area contributed by atoms with Crippen molar-refractivity contribution < 1.29 is 4.52 Å². The van der Waals surface area contributed by atoms with Crippen LogP contribution in [0.5, 0.6) is 0 Å². The quantitative estimate of drug-likeness (QED) is 0.811. The minimum Gasteiger partial charge on any atom is -0.338 e. The van der Waals surface area contributed by atoms with E-state index in [0.717, 1.165) is 50.7 Å². The third-order valence-corrected chi connectivity index (χ3v) is 3.39. The summed E-state index contributed by atoms with van der Waals surface area (Å²) in [5.41, 5.74) is 0. The first-order valence-electron chi connectivity index (χ1n) is 6.61. The number of nitrogens with one attached hydrogen (secondary N) is 1. The van der Waals surface area contributed by atoms with E-state index < -0.39 is 0 Å². The van der Waals surface area contributed by atoms with E-state index in [1.165, 1.54) is 6.42 Å². The molecule has 0 amide bonds. The molecule has 5 heteroatoms. The molecule has 1 aromatic rings. The lowest BCUT2D eigenvalue weighted by molar-refractivity contribution is 0.301. The molecule has 5 nitrogen and oxygen atoms in total. The van der Waals surface area contributed by atoms with E-state index in [4.69, 9.17) is 4.52 Å². The zero-order valence-corrected chi connectivity index (χ0v) is 10.8. The second-order valence-electron chi connectivity index (χ2n) is 4.47. The number of likely N-dealkylation sites (N-methyl/N-ethyl adjacent to an activating group) is 1. The van der Waals surface area contributed by atoms with Crippen LogP contribution >= 0.6 is 0 Å². The van der Waals surface area contributed by atoms with E-state index in [-0.39, 0.29) is 6.04 Å². The fraction of sp³-hybridized carbons (Fsp3) is 0.833. The maximum absolute atomic E-state index is 5.31. The Hall–Kier alpha value is -0.940. The Labute approximate surface area is 103 Å². The lowest BCUT2D eigenvalue weighted by Crippen LogP contribution is -2.25. The van der Waals surface area contributed by atoms with Crippen molar-refractivity contribution in [1.29, 1.82) is 0 Å². The number of rotatable bonds is 6. The van der Waals surface area contributed by atoms with Crippen molar-refractivity contribution in [2.24, 2.45) is 0 Å². The maximum atomic E-state index is 5.31. The van der Waals surface area contributed by atoms with Gasteiger partial charge in [-0.05, 0) is 32.5 Å².